The number of aryl methyl sites for hydroxylation is 1. The molecular formula is C16H16N8. The number of aromatic amines is 1. The fourth-order valence-corrected chi connectivity index (χ4v) is 2.70. The van der Waals surface area contributed by atoms with Crippen LogP contribution in [0.2, 0.25) is 0 Å². The number of nitrogens with zero attached hydrogens (tertiary/aromatic N) is 7. The molecule has 0 aliphatic rings. The van der Waals surface area contributed by atoms with Gasteiger partial charge in [-0.3, -0.25) is 0 Å². The molecule has 0 spiro atoms. The van der Waals surface area contributed by atoms with Crippen LogP contribution < -0.4 is 0 Å². The van der Waals surface area contributed by atoms with E-state index in [9.17, 15) is 0 Å². The first-order valence-corrected chi connectivity index (χ1v) is 7.70. The number of rotatable bonds is 5. The average Bonchev–Trinajstić information content (AvgIpc) is 3.36. The van der Waals surface area contributed by atoms with Gasteiger partial charge in [-0.15, -0.1) is 10.2 Å². The van der Waals surface area contributed by atoms with Crippen LogP contribution in [0.15, 0.2) is 49.1 Å². The number of benzene rings is 1. The van der Waals surface area contributed by atoms with Gasteiger partial charge >= 0.3 is 0 Å². The van der Waals surface area contributed by atoms with Gasteiger partial charge in [0.2, 0.25) is 5.82 Å². The molecule has 120 valence electrons. The van der Waals surface area contributed by atoms with Gasteiger partial charge in [0.15, 0.2) is 11.6 Å². The Kier molecular flexibility index (Phi) is 3.62. The van der Waals surface area contributed by atoms with Crippen LogP contribution in [0.3, 0.4) is 0 Å². The number of H-pyrrole nitrogens is 1. The largest absolute Gasteiger partial charge is 0.329 e. The van der Waals surface area contributed by atoms with E-state index in [4.69, 9.17) is 0 Å². The minimum Gasteiger partial charge on any atom is -0.329 e. The second kappa shape index (κ2) is 6.07. The summed E-state index contributed by atoms with van der Waals surface area (Å²) in [6, 6.07) is 8.08. The average molecular weight is 320 g/mol. The monoisotopic (exact) mass is 320 g/mol. The van der Waals surface area contributed by atoms with E-state index in [1.54, 1.807) is 12.4 Å². The lowest BCUT2D eigenvalue weighted by molar-refractivity contribution is 0.740. The lowest BCUT2D eigenvalue weighted by Gasteiger charge is -2.09. The van der Waals surface area contributed by atoms with Crippen molar-refractivity contribution in [3.63, 3.8) is 0 Å². The highest BCUT2D eigenvalue weighted by Gasteiger charge is 2.12. The molecule has 0 unspecified atom stereocenters. The Balaban J connectivity index is 1.66. The predicted octanol–water partition coefficient (Wildman–Crippen LogP) is 1.99. The van der Waals surface area contributed by atoms with Gasteiger partial charge in [0.05, 0.1) is 0 Å². The molecule has 0 bridgehead atoms. The first-order valence-electron chi connectivity index (χ1n) is 7.70. The summed E-state index contributed by atoms with van der Waals surface area (Å²) < 4.78 is 4.17. The molecule has 0 fully saturated rings. The van der Waals surface area contributed by atoms with Crippen LogP contribution >= 0.6 is 0 Å². The van der Waals surface area contributed by atoms with Crippen molar-refractivity contribution in [2.24, 2.45) is 0 Å². The van der Waals surface area contributed by atoms with E-state index in [0.717, 1.165) is 29.3 Å². The van der Waals surface area contributed by atoms with E-state index < -0.39 is 0 Å². The van der Waals surface area contributed by atoms with Crippen LogP contribution in [0.1, 0.15) is 12.5 Å². The van der Waals surface area contributed by atoms with Crippen molar-refractivity contribution in [1.82, 2.24) is 39.7 Å². The number of nitrogens with one attached hydrogen (secondary N) is 1. The molecule has 0 atom stereocenters. The van der Waals surface area contributed by atoms with Crippen molar-refractivity contribution in [2.45, 2.75) is 20.0 Å². The van der Waals surface area contributed by atoms with Gasteiger partial charge in [-0.05, 0) is 23.8 Å². The summed E-state index contributed by atoms with van der Waals surface area (Å²) in [5.74, 6) is 2.31. The molecule has 0 aliphatic carbocycles. The Labute approximate surface area is 138 Å². The second-order valence-corrected chi connectivity index (χ2v) is 5.35. The van der Waals surface area contributed by atoms with Gasteiger partial charge in [-0.25, -0.2) is 9.97 Å². The zero-order valence-electron chi connectivity index (χ0n) is 13.2. The zero-order valence-corrected chi connectivity index (χ0v) is 13.2. The molecule has 0 radical (unpaired) electrons. The normalized spacial score (nSPS) is 11.0. The third-order valence-corrected chi connectivity index (χ3v) is 3.86. The minimum absolute atomic E-state index is 0.587. The van der Waals surface area contributed by atoms with Crippen LogP contribution in [-0.4, -0.2) is 39.7 Å². The summed E-state index contributed by atoms with van der Waals surface area (Å²) in [4.78, 5) is 8.91. The van der Waals surface area contributed by atoms with Crippen LogP contribution in [0.4, 0.5) is 0 Å². The highest BCUT2D eigenvalue weighted by Crippen LogP contribution is 2.19. The number of tetrazole rings is 1. The van der Waals surface area contributed by atoms with Crippen molar-refractivity contribution in [2.75, 3.05) is 0 Å². The lowest BCUT2D eigenvalue weighted by atomic mass is 10.1. The van der Waals surface area contributed by atoms with Gasteiger partial charge in [-0.1, -0.05) is 18.2 Å². The van der Waals surface area contributed by atoms with Gasteiger partial charge in [0.1, 0.15) is 0 Å². The Hall–Kier alpha value is -3.29. The molecule has 8 nitrogen and oxygen atoms in total. The minimum atomic E-state index is 0.587. The predicted molar refractivity (Wildman–Crippen MR) is 87.8 cm³/mol. The molecular weight excluding hydrogens is 304 g/mol. The summed E-state index contributed by atoms with van der Waals surface area (Å²) in [6.07, 6.45) is 7.53. The molecule has 8 heteroatoms. The molecule has 3 heterocycles. The van der Waals surface area contributed by atoms with Crippen LogP contribution in [0.25, 0.3) is 23.0 Å². The number of imidazole rings is 2. The smallest absolute Gasteiger partial charge is 0.204 e. The third kappa shape index (κ3) is 2.58. The molecule has 4 rings (SSSR count). The van der Waals surface area contributed by atoms with Gasteiger partial charge < -0.3 is 9.13 Å². The number of hydrogen-bond acceptors (Lipinski definition) is 5. The Morgan fingerprint density at radius 1 is 1.04 bits per heavy atom. The first kappa shape index (κ1) is 14.3. The Bertz CT molecular complexity index is 935. The number of aromatic nitrogens is 8. The maximum Gasteiger partial charge on any atom is 0.204 e. The zero-order chi connectivity index (χ0) is 16.4. The summed E-state index contributed by atoms with van der Waals surface area (Å²) in [7, 11) is 0. The molecule has 0 saturated heterocycles. The lowest BCUT2D eigenvalue weighted by Crippen LogP contribution is -2.05. The summed E-state index contributed by atoms with van der Waals surface area (Å²) in [6.45, 7) is 3.64. The molecule has 0 aliphatic heterocycles. The molecule has 0 saturated carbocycles. The van der Waals surface area contributed by atoms with Crippen molar-refractivity contribution in [3.8, 4) is 23.0 Å². The third-order valence-electron chi connectivity index (χ3n) is 3.86. The molecule has 0 amide bonds. The van der Waals surface area contributed by atoms with Crippen molar-refractivity contribution < 1.29 is 0 Å². The van der Waals surface area contributed by atoms with Crippen molar-refractivity contribution in [1.29, 1.82) is 0 Å². The molecule has 4 aromatic rings. The van der Waals surface area contributed by atoms with Gasteiger partial charge in [-0.2, -0.15) is 5.21 Å². The molecule has 1 N–H and O–H groups in total. The Morgan fingerprint density at radius 2 is 1.83 bits per heavy atom. The first-order chi connectivity index (χ1) is 11.8. The Morgan fingerprint density at radius 3 is 2.58 bits per heavy atom. The van der Waals surface area contributed by atoms with E-state index >= 15 is 0 Å². The fraction of sp³-hybridized carbons (Fsp3) is 0.188. The van der Waals surface area contributed by atoms with Crippen LogP contribution in [0, 0.1) is 0 Å². The van der Waals surface area contributed by atoms with E-state index in [1.807, 2.05) is 24.5 Å². The van der Waals surface area contributed by atoms with E-state index in [2.05, 4.69) is 58.8 Å². The second-order valence-electron chi connectivity index (χ2n) is 5.35. The molecule has 24 heavy (non-hydrogen) atoms. The van der Waals surface area contributed by atoms with E-state index in [-0.39, 0.29) is 0 Å². The molecule has 3 aromatic heterocycles. The van der Waals surface area contributed by atoms with Gasteiger partial charge in [0, 0.05) is 43.4 Å². The summed E-state index contributed by atoms with van der Waals surface area (Å²) >= 11 is 0. The number of hydrogen-bond donors (Lipinski definition) is 1. The summed E-state index contributed by atoms with van der Waals surface area (Å²) in [5, 5.41) is 14.1. The van der Waals surface area contributed by atoms with Crippen molar-refractivity contribution >= 4 is 0 Å². The standard InChI is InChI=1S/C16H16N8/c1-2-23-8-6-17-15(23)16-18-7-9-24(16)11-12-4-3-5-13(10-12)14-19-21-22-20-14/h3-10H,2,11H2,1H3,(H,19,20,21,22). The maximum atomic E-state index is 4.48. The van der Waals surface area contributed by atoms with Crippen LogP contribution in [0.5, 0.6) is 0 Å². The molecule has 1 aromatic carbocycles. The van der Waals surface area contributed by atoms with Crippen LogP contribution in [-0.2, 0) is 13.1 Å². The topological polar surface area (TPSA) is 90.1 Å². The van der Waals surface area contributed by atoms with E-state index in [0.29, 0.717) is 12.4 Å². The highest BCUT2D eigenvalue weighted by atomic mass is 15.5. The van der Waals surface area contributed by atoms with E-state index in [1.165, 1.54) is 0 Å². The maximum absolute atomic E-state index is 4.48. The fourth-order valence-electron chi connectivity index (χ4n) is 2.70. The SMILES string of the molecule is CCn1ccnc1-c1nccn1Cc1cccc(-c2nn[nH]n2)c1. The van der Waals surface area contributed by atoms with Crippen molar-refractivity contribution in [3.05, 3.63) is 54.6 Å². The highest BCUT2D eigenvalue weighted by molar-refractivity contribution is 5.55. The quantitative estimate of drug-likeness (QED) is 0.607. The summed E-state index contributed by atoms with van der Waals surface area (Å²) in [5.41, 5.74) is 2.06. The van der Waals surface area contributed by atoms with Gasteiger partial charge in [0.25, 0.3) is 0 Å².